The van der Waals surface area contributed by atoms with Crippen LogP contribution in [0.3, 0.4) is 0 Å². The number of allylic oxidation sites excluding steroid dienone is 4. The molecule has 50 heavy (non-hydrogen) atoms. The van der Waals surface area contributed by atoms with E-state index in [-0.39, 0.29) is 31.8 Å². The molecule has 11 nitrogen and oxygen atoms in total. The molecule has 3 atom stereocenters. The molecule has 1 aliphatic rings. The minimum atomic E-state index is -4.13. The zero-order valence-corrected chi connectivity index (χ0v) is 34.8. The van der Waals surface area contributed by atoms with Crippen molar-refractivity contribution in [1.29, 1.82) is 0 Å². The van der Waals surface area contributed by atoms with Crippen LogP contribution in [0.25, 0.3) is 0 Å². The van der Waals surface area contributed by atoms with Crippen LogP contribution in [0.2, 0.25) is 51.4 Å². The molecule has 282 valence electrons. The third-order valence-corrected chi connectivity index (χ3v) is 13.0. The zero-order valence-electron chi connectivity index (χ0n) is 31.9. The van der Waals surface area contributed by atoms with Crippen LogP contribution in [-0.4, -0.2) is 78.1 Å². The number of carbonyl (C=O) groups excluding carboxylic acids is 3. The van der Waals surface area contributed by atoms with Gasteiger partial charge in [0.25, 0.3) is 0 Å². The summed E-state index contributed by atoms with van der Waals surface area (Å²) in [6, 6.07) is 1.75. The number of benzene rings is 1. The van der Waals surface area contributed by atoms with Gasteiger partial charge >= 0.3 is 25.5 Å². The summed E-state index contributed by atoms with van der Waals surface area (Å²) < 4.78 is 45.9. The maximum Gasteiger partial charge on any atom is 0.342 e. The van der Waals surface area contributed by atoms with Crippen LogP contribution in [0.1, 0.15) is 60.7 Å². The molecule has 0 saturated carbocycles. The first-order chi connectivity index (χ1) is 23.2. The van der Waals surface area contributed by atoms with Gasteiger partial charge in [-0.1, -0.05) is 63.1 Å². The fraction of sp³-hybridized carbons (Fsp3) is 0.639. The van der Waals surface area contributed by atoms with Crippen molar-refractivity contribution in [2.45, 2.75) is 111 Å². The van der Waals surface area contributed by atoms with Crippen molar-refractivity contribution in [3.63, 3.8) is 0 Å². The summed E-state index contributed by atoms with van der Waals surface area (Å²) >= 11 is 0. The van der Waals surface area contributed by atoms with Gasteiger partial charge in [-0.2, -0.15) is 0 Å². The van der Waals surface area contributed by atoms with E-state index in [9.17, 15) is 23.8 Å². The van der Waals surface area contributed by atoms with E-state index < -0.39 is 47.7 Å². The summed E-state index contributed by atoms with van der Waals surface area (Å²) in [6.07, 6.45) is 4.69. The largest absolute Gasteiger partial charge is 0.496 e. The van der Waals surface area contributed by atoms with E-state index in [1.54, 1.807) is 20.1 Å². The average Bonchev–Trinajstić information content (AvgIpc) is 3.38. The van der Waals surface area contributed by atoms with E-state index in [4.69, 9.17) is 28.2 Å². The van der Waals surface area contributed by atoms with Crippen molar-refractivity contribution < 1.29 is 52.1 Å². The van der Waals surface area contributed by atoms with Gasteiger partial charge in [0, 0.05) is 27.3 Å². The molecule has 1 heterocycles. The first-order valence-electron chi connectivity index (χ1n) is 17.4. The standard InChI is InChI=1S/C36H59O11PSi2/c1-12-43-34(37)27(4)47-48(40,41)20-14-13-15-28(35(38)45-19-22-50(9,10)11)23-25(2)16-17-29-32(42-5)26(3)30-24-46-36(39)31(30)33(29)44-18-21-49(6,7)8/h13-14,16,27-28H,12,15,17-24H2,1-11H3,(H,40,41)/t27-,28?/m0/s1. The zero-order chi connectivity index (χ0) is 37.9. The highest BCUT2D eigenvalue weighted by atomic mass is 31.2. The molecule has 1 aromatic carbocycles. The van der Waals surface area contributed by atoms with Gasteiger partial charge in [0.05, 0.1) is 39.0 Å². The van der Waals surface area contributed by atoms with Crippen LogP contribution in [0.5, 0.6) is 11.5 Å². The fourth-order valence-electron chi connectivity index (χ4n) is 5.28. The molecule has 0 spiro atoms. The number of ether oxygens (including phenoxy) is 5. The van der Waals surface area contributed by atoms with E-state index in [2.05, 4.69) is 39.3 Å². The van der Waals surface area contributed by atoms with Crippen LogP contribution in [0.4, 0.5) is 0 Å². The van der Waals surface area contributed by atoms with E-state index in [1.165, 1.54) is 13.0 Å². The predicted molar refractivity (Wildman–Crippen MR) is 201 cm³/mol. The number of rotatable bonds is 21. The molecular formula is C36H59O11PSi2. The first-order valence-corrected chi connectivity index (χ1v) is 26.5. The van der Waals surface area contributed by atoms with E-state index >= 15 is 0 Å². The second-order valence-electron chi connectivity index (χ2n) is 15.2. The molecule has 2 unspecified atom stereocenters. The molecule has 1 N–H and O–H groups in total. The molecule has 14 heteroatoms. The molecule has 0 saturated heterocycles. The van der Waals surface area contributed by atoms with Crippen LogP contribution in [0, 0.1) is 12.8 Å². The number of methoxy groups -OCH3 is 1. The minimum Gasteiger partial charge on any atom is -0.496 e. The van der Waals surface area contributed by atoms with Crippen LogP contribution in [0.15, 0.2) is 23.8 Å². The number of esters is 3. The Bertz CT molecular complexity index is 1460. The molecular weight excluding hydrogens is 696 g/mol. The number of fused-ring (bicyclic) bond motifs is 1. The Labute approximate surface area is 300 Å². The number of hydrogen-bond donors (Lipinski definition) is 1. The molecule has 0 aliphatic carbocycles. The lowest BCUT2D eigenvalue weighted by Gasteiger charge is -2.22. The van der Waals surface area contributed by atoms with Gasteiger partial charge in [-0.25, -0.2) is 9.59 Å². The van der Waals surface area contributed by atoms with E-state index in [1.807, 2.05) is 19.9 Å². The summed E-state index contributed by atoms with van der Waals surface area (Å²) in [5, 5.41) is 0. The highest BCUT2D eigenvalue weighted by Crippen LogP contribution is 2.44. The molecule has 0 aromatic heterocycles. The van der Waals surface area contributed by atoms with E-state index in [0.29, 0.717) is 43.1 Å². The molecule has 1 aliphatic heterocycles. The van der Waals surface area contributed by atoms with Gasteiger partial charge in [0.2, 0.25) is 0 Å². The summed E-state index contributed by atoms with van der Waals surface area (Å²) in [4.78, 5) is 48.3. The number of hydrogen-bond acceptors (Lipinski definition) is 10. The molecule has 0 amide bonds. The van der Waals surface area contributed by atoms with Crippen molar-refractivity contribution >= 4 is 41.7 Å². The lowest BCUT2D eigenvalue weighted by atomic mass is 9.93. The lowest BCUT2D eigenvalue weighted by molar-refractivity contribution is -0.151. The van der Waals surface area contributed by atoms with Crippen LogP contribution in [-0.2, 0) is 45.9 Å². The Kier molecular flexibility index (Phi) is 16.7. The lowest BCUT2D eigenvalue weighted by Crippen LogP contribution is -2.25. The predicted octanol–water partition coefficient (Wildman–Crippen LogP) is 7.87. The smallest absolute Gasteiger partial charge is 0.342 e. The van der Waals surface area contributed by atoms with Gasteiger partial charge < -0.3 is 28.6 Å². The maximum atomic E-state index is 13.3. The normalized spacial score (nSPS) is 16.0. The fourth-order valence-corrected chi connectivity index (χ4v) is 7.79. The number of carbonyl (C=O) groups is 3. The van der Waals surface area contributed by atoms with Gasteiger partial charge in [-0.3, -0.25) is 13.9 Å². The summed E-state index contributed by atoms with van der Waals surface area (Å²) in [5.41, 5.74) is 3.74. The highest BCUT2D eigenvalue weighted by molar-refractivity contribution is 7.53. The highest BCUT2D eigenvalue weighted by Gasteiger charge is 2.33. The molecule has 0 fully saturated rings. The molecule has 0 radical (unpaired) electrons. The monoisotopic (exact) mass is 754 g/mol. The third kappa shape index (κ3) is 14.1. The van der Waals surface area contributed by atoms with Gasteiger partial charge in [-0.05, 0) is 64.6 Å². The Morgan fingerprint density at radius 2 is 1.64 bits per heavy atom. The van der Waals surface area contributed by atoms with Crippen molar-refractivity contribution in [3.05, 3.63) is 46.1 Å². The quantitative estimate of drug-likeness (QED) is 0.0431. The Hall–Kier alpha value is -2.71. The van der Waals surface area contributed by atoms with Crippen molar-refractivity contribution in [3.8, 4) is 11.5 Å². The molecule has 2 rings (SSSR count). The topological polar surface area (TPSA) is 144 Å². The SMILES string of the molecule is CCOC(=O)[C@H](C)OP(=O)(O)CC=CCC(CC(C)=CCc1c(OC)c(C)c2c(c1OCC[Si](C)(C)C)C(=O)OC2)C(=O)OCC[Si](C)(C)C. The summed E-state index contributed by atoms with van der Waals surface area (Å²) in [5.74, 6) is -0.877. The second-order valence-corrected chi connectivity index (χ2v) is 28.3. The van der Waals surface area contributed by atoms with Crippen LogP contribution >= 0.6 is 7.60 Å². The Balaban J connectivity index is 2.32. The Morgan fingerprint density at radius 3 is 2.24 bits per heavy atom. The van der Waals surface area contributed by atoms with Crippen molar-refractivity contribution in [2.75, 3.05) is 33.1 Å². The average molecular weight is 755 g/mol. The molecule has 0 bridgehead atoms. The van der Waals surface area contributed by atoms with E-state index in [0.717, 1.165) is 34.4 Å². The van der Waals surface area contributed by atoms with Gasteiger partial charge in [0.15, 0.2) is 6.10 Å². The summed E-state index contributed by atoms with van der Waals surface area (Å²) in [6.45, 7) is 21.4. The maximum absolute atomic E-state index is 13.3. The molecule has 1 aromatic rings. The first kappa shape index (κ1) is 43.5. The van der Waals surface area contributed by atoms with Crippen molar-refractivity contribution in [1.82, 2.24) is 0 Å². The minimum absolute atomic E-state index is 0.133. The third-order valence-electron chi connectivity index (χ3n) is 8.24. The second kappa shape index (κ2) is 19.2. The Morgan fingerprint density at radius 1 is 1.00 bits per heavy atom. The van der Waals surface area contributed by atoms with Gasteiger partial charge in [-0.15, -0.1) is 0 Å². The summed E-state index contributed by atoms with van der Waals surface area (Å²) in [7, 11) is -5.38. The van der Waals surface area contributed by atoms with Gasteiger partial charge in [0.1, 0.15) is 23.7 Å². The number of cyclic esters (lactones) is 1. The van der Waals surface area contributed by atoms with Crippen LogP contribution < -0.4 is 9.47 Å². The van der Waals surface area contributed by atoms with Crippen molar-refractivity contribution in [2.24, 2.45) is 5.92 Å².